The molecule has 116 valence electrons. The minimum absolute atomic E-state index is 0.0421. The summed E-state index contributed by atoms with van der Waals surface area (Å²) >= 11 is 6.02. The number of nitrogens with zero attached hydrogens (tertiary/aromatic N) is 2. The lowest BCUT2D eigenvalue weighted by atomic mass is 10.1. The molecule has 0 aromatic carbocycles. The molecule has 1 aromatic heterocycles. The van der Waals surface area contributed by atoms with Crippen molar-refractivity contribution in [3.63, 3.8) is 0 Å². The normalized spacial score (nSPS) is 15.8. The first-order valence-electron chi connectivity index (χ1n) is 6.99. The van der Waals surface area contributed by atoms with E-state index < -0.39 is 0 Å². The van der Waals surface area contributed by atoms with E-state index in [9.17, 15) is 4.79 Å². The van der Waals surface area contributed by atoms with Crippen LogP contribution in [0.2, 0.25) is 5.02 Å². The first-order valence-corrected chi connectivity index (χ1v) is 7.37. The molecule has 21 heavy (non-hydrogen) atoms. The highest BCUT2D eigenvalue weighted by molar-refractivity contribution is 6.31. The van der Waals surface area contributed by atoms with Crippen LogP contribution in [0.3, 0.4) is 0 Å². The number of nitrogens with one attached hydrogen (secondary N) is 1. The Hall–Kier alpha value is -1.53. The summed E-state index contributed by atoms with van der Waals surface area (Å²) in [4.78, 5) is 17.8. The summed E-state index contributed by atoms with van der Waals surface area (Å²) in [5, 5.41) is 3.33. The Labute approximate surface area is 129 Å². The van der Waals surface area contributed by atoms with Gasteiger partial charge in [-0.2, -0.15) is 0 Å². The fraction of sp³-hybridized carbons (Fsp3) is 0.571. The third-order valence-corrected chi connectivity index (χ3v) is 3.60. The molecule has 2 rings (SSSR count). The van der Waals surface area contributed by atoms with Gasteiger partial charge in [-0.1, -0.05) is 11.6 Å². The molecule has 1 N–H and O–H groups in total. The number of ether oxygens (including phenoxy) is 2. The van der Waals surface area contributed by atoms with Crippen molar-refractivity contribution >= 4 is 17.6 Å². The Morgan fingerprint density at radius 1 is 1.52 bits per heavy atom. The van der Waals surface area contributed by atoms with E-state index in [4.69, 9.17) is 21.1 Å². The number of rotatable bonds is 5. The number of aromatic nitrogens is 1. The van der Waals surface area contributed by atoms with Crippen LogP contribution in [0.25, 0.3) is 0 Å². The molecule has 0 spiro atoms. The monoisotopic (exact) mass is 313 g/mol. The van der Waals surface area contributed by atoms with Crippen LogP contribution in [0, 0.1) is 0 Å². The summed E-state index contributed by atoms with van der Waals surface area (Å²) in [6.07, 6.45) is 3.23. The second kappa shape index (κ2) is 8.05. The van der Waals surface area contributed by atoms with Gasteiger partial charge in [0.2, 0.25) is 5.88 Å². The number of urea groups is 1. The van der Waals surface area contributed by atoms with E-state index >= 15 is 0 Å². The number of piperidine rings is 1. The Balaban J connectivity index is 1.75. The number of amides is 2. The molecule has 6 nitrogen and oxygen atoms in total. The summed E-state index contributed by atoms with van der Waals surface area (Å²) in [5.74, 6) is 0.460. The van der Waals surface area contributed by atoms with Crippen molar-refractivity contribution in [3.05, 3.63) is 23.4 Å². The summed E-state index contributed by atoms with van der Waals surface area (Å²) in [5.41, 5.74) is 0. The maximum atomic E-state index is 11.9. The predicted octanol–water partition coefficient (Wildman–Crippen LogP) is 1.93. The zero-order chi connectivity index (χ0) is 15.1. The van der Waals surface area contributed by atoms with Gasteiger partial charge in [0.05, 0.1) is 6.61 Å². The summed E-state index contributed by atoms with van der Waals surface area (Å²) in [6, 6.07) is 3.46. The van der Waals surface area contributed by atoms with E-state index in [0.717, 1.165) is 12.8 Å². The number of hydrogen-bond donors (Lipinski definition) is 1. The van der Waals surface area contributed by atoms with Gasteiger partial charge < -0.3 is 19.7 Å². The van der Waals surface area contributed by atoms with E-state index in [0.29, 0.717) is 37.1 Å². The van der Waals surface area contributed by atoms with Crippen LogP contribution >= 0.6 is 11.6 Å². The highest BCUT2D eigenvalue weighted by Gasteiger charge is 2.24. The minimum Gasteiger partial charge on any atom is -0.473 e. The Bertz CT molecular complexity index is 465. The third kappa shape index (κ3) is 4.75. The number of hydrogen-bond acceptors (Lipinski definition) is 4. The van der Waals surface area contributed by atoms with Gasteiger partial charge in [-0.05, 0) is 12.1 Å². The van der Waals surface area contributed by atoms with Crippen molar-refractivity contribution < 1.29 is 14.3 Å². The number of carbonyl (C=O) groups is 1. The second-order valence-corrected chi connectivity index (χ2v) is 5.23. The molecule has 1 aliphatic rings. The van der Waals surface area contributed by atoms with Crippen LogP contribution in [-0.4, -0.2) is 55.4 Å². The quantitative estimate of drug-likeness (QED) is 0.844. The molecule has 2 heterocycles. The topological polar surface area (TPSA) is 63.7 Å². The predicted molar refractivity (Wildman–Crippen MR) is 79.7 cm³/mol. The summed E-state index contributed by atoms with van der Waals surface area (Å²) in [6.45, 7) is 2.36. The third-order valence-electron chi connectivity index (χ3n) is 3.31. The maximum Gasteiger partial charge on any atom is 0.317 e. The molecule has 0 saturated carbocycles. The minimum atomic E-state index is -0.0543. The van der Waals surface area contributed by atoms with Crippen LogP contribution in [-0.2, 0) is 4.74 Å². The summed E-state index contributed by atoms with van der Waals surface area (Å²) < 4.78 is 10.7. The highest BCUT2D eigenvalue weighted by atomic mass is 35.5. The first kappa shape index (κ1) is 15.9. The van der Waals surface area contributed by atoms with E-state index in [1.807, 2.05) is 0 Å². The fourth-order valence-electron chi connectivity index (χ4n) is 2.16. The molecule has 0 bridgehead atoms. The fourth-order valence-corrected chi connectivity index (χ4v) is 2.33. The molecule has 1 aromatic rings. The number of halogens is 1. The van der Waals surface area contributed by atoms with E-state index in [-0.39, 0.29) is 12.1 Å². The maximum absolute atomic E-state index is 11.9. The van der Waals surface area contributed by atoms with Crippen LogP contribution in [0.1, 0.15) is 12.8 Å². The lowest BCUT2D eigenvalue weighted by molar-refractivity contribution is 0.106. The standard InChI is InChI=1S/C14H20ClN3O3/c1-20-10-7-17-14(19)18-8-4-11(5-9-18)21-13-12(15)3-2-6-16-13/h2-3,6,11H,4-5,7-10H2,1H3,(H,17,19). The van der Waals surface area contributed by atoms with Gasteiger partial charge in [-0.3, -0.25) is 0 Å². The second-order valence-electron chi connectivity index (χ2n) is 4.82. The molecule has 0 unspecified atom stereocenters. The molecule has 1 saturated heterocycles. The van der Waals surface area contributed by atoms with Crippen molar-refractivity contribution in [2.24, 2.45) is 0 Å². The van der Waals surface area contributed by atoms with Crippen molar-refractivity contribution in [3.8, 4) is 5.88 Å². The molecule has 1 fully saturated rings. The van der Waals surface area contributed by atoms with E-state index in [1.54, 1.807) is 30.3 Å². The number of pyridine rings is 1. The molecule has 0 aliphatic carbocycles. The molecule has 2 amide bonds. The van der Waals surface area contributed by atoms with E-state index in [2.05, 4.69) is 10.3 Å². The molecular weight excluding hydrogens is 294 g/mol. The highest BCUT2D eigenvalue weighted by Crippen LogP contribution is 2.24. The van der Waals surface area contributed by atoms with Crippen molar-refractivity contribution in [2.75, 3.05) is 33.4 Å². The van der Waals surface area contributed by atoms with Crippen LogP contribution in [0.15, 0.2) is 18.3 Å². The van der Waals surface area contributed by atoms with Gasteiger partial charge in [0.25, 0.3) is 0 Å². The molecule has 7 heteroatoms. The zero-order valence-corrected chi connectivity index (χ0v) is 12.8. The van der Waals surface area contributed by atoms with E-state index in [1.165, 1.54) is 0 Å². The zero-order valence-electron chi connectivity index (χ0n) is 12.0. The number of carbonyl (C=O) groups excluding carboxylic acids is 1. The number of likely N-dealkylation sites (tertiary alicyclic amines) is 1. The largest absolute Gasteiger partial charge is 0.473 e. The lowest BCUT2D eigenvalue weighted by Crippen LogP contribution is -2.47. The van der Waals surface area contributed by atoms with Gasteiger partial charge in [0, 0.05) is 45.8 Å². The lowest BCUT2D eigenvalue weighted by Gasteiger charge is -2.32. The average molecular weight is 314 g/mol. The van der Waals surface area contributed by atoms with Crippen molar-refractivity contribution in [1.29, 1.82) is 0 Å². The van der Waals surface area contributed by atoms with Gasteiger partial charge >= 0.3 is 6.03 Å². The Morgan fingerprint density at radius 2 is 2.29 bits per heavy atom. The van der Waals surface area contributed by atoms with Crippen molar-refractivity contribution in [1.82, 2.24) is 15.2 Å². The molecule has 0 radical (unpaired) electrons. The van der Waals surface area contributed by atoms with Gasteiger partial charge in [-0.25, -0.2) is 9.78 Å². The van der Waals surface area contributed by atoms with Crippen LogP contribution < -0.4 is 10.1 Å². The summed E-state index contributed by atoms with van der Waals surface area (Å²) in [7, 11) is 1.61. The SMILES string of the molecule is COCCNC(=O)N1CCC(Oc2ncccc2Cl)CC1. The Morgan fingerprint density at radius 3 is 2.95 bits per heavy atom. The smallest absolute Gasteiger partial charge is 0.317 e. The van der Waals surface area contributed by atoms with Gasteiger partial charge in [0.15, 0.2) is 0 Å². The van der Waals surface area contributed by atoms with Gasteiger partial charge in [0.1, 0.15) is 11.1 Å². The van der Waals surface area contributed by atoms with Crippen LogP contribution in [0.4, 0.5) is 4.79 Å². The average Bonchev–Trinajstić information content (AvgIpc) is 2.50. The Kier molecular flexibility index (Phi) is 6.07. The molecule has 0 atom stereocenters. The van der Waals surface area contributed by atoms with Crippen molar-refractivity contribution in [2.45, 2.75) is 18.9 Å². The first-order chi connectivity index (χ1) is 10.2. The van der Waals surface area contributed by atoms with Gasteiger partial charge in [-0.15, -0.1) is 0 Å². The molecule has 1 aliphatic heterocycles. The molecular formula is C14H20ClN3O3. The van der Waals surface area contributed by atoms with Crippen LogP contribution in [0.5, 0.6) is 5.88 Å². The number of methoxy groups -OCH3 is 1.